The second kappa shape index (κ2) is 8.03. The molecule has 0 unspecified atom stereocenters. The van der Waals surface area contributed by atoms with Gasteiger partial charge in [-0.25, -0.2) is 0 Å². The average Bonchev–Trinajstić information content (AvgIpc) is 2.85. The van der Waals surface area contributed by atoms with Gasteiger partial charge in [-0.2, -0.15) is 0 Å². The van der Waals surface area contributed by atoms with Crippen LogP contribution >= 0.6 is 0 Å². The molecule has 0 N–H and O–H groups in total. The summed E-state index contributed by atoms with van der Waals surface area (Å²) in [6, 6.07) is 15.4. The highest BCUT2D eigenvalue weighted by Crippen LogP contribution is 2.33. The summed E-state index contributed by atoms with van der Waals surface area (Å²) in [4.78, 5) is 17.3. The minimum Gasteiger partial charge on any atom is -0.497 e. The number of amides is 1. The quantitative estimate of drug-likeness (QED) is 0.838. The van der Waals surface area contributed by atoms with Crippen molar-refractivity contribution in [2.24, 2.45) is 0 Å². The molecular weight excluding hydrogens is 316 g/mol. The highest BCUT2D eigenvalue weighted by molar-refractivity contribution is 6.08. The summed E-state index contributed by atoms with van der Waals surface area (Å²) in [5.41, 5.74) is 2.66. The molecule has 2 aromatic carbocycles. The van der Waals surface area contributed by atoms with Crippen LogP contribution in [0.3, 0.4) is 0 Å². The van der Waals surface area contributed by atoms with Gasteiger partial charge in [-0.1, -0.05) is 18.2 Å². The number of hydrogen-bond donors (Lipinski definition) is 0. The Labute approximate surface area is 148 Å². The SMILES string of the molecule is COCCN1CCCN(C(=O)c2cccc(OC)c2)c2ccccc21. The van der Waals surface area contributed by atoms with E-state index in [4.69, 9.17) is 9.47 Å². The fourth-order valence-corrected chi connectivity index (χ4v) is 3.18. The van der Waals surface area contributed by atoms with Crippen LogP contribution in [-0.4, -0.2) is 46.4 Å². The van der Waals surface area contributed by atoms with Gasteiger partial charge in [-0.05, 0) is 36.8 Å². The van der Waals surface area contributed by atoms with E-state index >= 15 is 0 Å². The lowest BCUT2D eigenvalue weighted by Gasteiger charge is -2.26. The number of benzene rings is 2. The summed E-state index contributed by atoms with van der Waals surface area (Å²) in [5, 5.41) is 0. The normalized spacial score (nSPS) is 14.0. The van der Waals surface area contributed by atoms with Crippen molar-refractivity contribution < 1.29 is 14.3 Å². The van der Waals surface area contributed by atoms with Gasteiger partial charge in [0.2, 0.25) is 0 Å². The molecule has 0 aromatic heterocycles. The lowest BCUT2D eigenvalue weighted by Crippen LogP contribution is -2.31. The molecule has 0 saturated carbocycles. The van der Waals surface area contributed by atoms with Gasteiger partial charge in [0.05, 0.1) is 25.1 Å². The molecule has 0 saturated heterocycles. The summed E-state index contributed by atoms with van der Waals surface area (Å²) in [7, 11) is 3.32. The Balaban J connectivity index is 1.93. The zero-order chi connectivity index (χ0) is 17.6. The van der Waals surface area contributed by atoms with E-state index in [-0.39, 0.29) is 5.91 Å². The second-order valence-corrected chi connectivity index (χ2v) is 6.01. The van der Waals surface area contributed by atoms with Crippen LogP contribution in [0, 0.1) is 0 Å². The molecule has 0 spiro atoms. The van der Waals surface area contributed by atoms with Gasteiger partial charge in [-0.3, -0.25) is 4.79 Å². The van der Waals surface area contributed by atoms with Crippen LogP contribution < -0.4 is 14.5 Å². The number of ether oxygens (including phenoxy) is 2. The maximum atomic E-state index is 13.1. The van der Waals surface area contributed by atoms with Crippen LogP contribution in [-0.2, 0) is 4.74 Å². The first kappa shape index (κ1) is 17.3. The first-order valence-corrected chi connectivity index (χ1v) is 8.53. The van der Waals surface area contributed by atoms with Gasteiger partial charge in [0.15, 0.2) is 0 Å². The van der Waals surface area contributed by atoms with E-state index in [1.54, 1.807) is 20.3 Å². The molecule has 0 atom stereocenters. The van der Waals surface area contributed by atoms with E-state index in [0.717, 1.165) is 30.9 Å². The number of rotatable bonds is 5. The first-order chi connectivity index (χ1) is 12.2. The number of anilines is 2. The van der Waals surface area contributed by atoms with Crippen molar-refractivity contribution in [2.45, 2.75) is 6.42 Å². The van der Waals surface area contributed by atoms with Crippen molar-refractivity contribution in [3.05, 3.63) is 54.1 Å². The predicted octanol–water partition coefficient (Wildman–Crippen LogP) is 3.20. The fraction of sp³-hybridized carbons (Fsp3) is 0.350. The van der Waals surface area contributed by atoms with E-state index in [1.165, 1.54) is 0 Å². The molecule has 132 valence electrons. The van der Waals surface area contributed by atoms with Crippen LogP contribution in [0.15, 0.2) is 48.5 Å². The summed E-state index contributed by atoms with van der Waals surface area (Å²) in [5.74, 6) is 0.690. The highest BCUT2D eigenvalue weighted by Gasteiger charge is 2.25. The molecule has 3 rings (SSSR count). The number of nitrogens with zero attached hydrogens (tertiary/aromatic N) is 2. The van der Waals surface area contributed by atoms with E-state index < -0.39 is 0 Å². The van der Waals surface area contributed by atoms with Gasteiger partial charge >= 0.3 is 0 Å². The first-order valence-electron chi connectivity index (χ1n) is 8.53. The Morgan fingerprint density at radius 1 is 1.04 bits per heavy atom. The smallest absolute Gasteiger partial charge is 0.258 e. The van der Waals surface area contributed by atoms with Crippen molar-refractivity contribution in [1.82, 2.24) is 0 Å². The summed E-state index contributed by atoms with van der Waals surface area (Å²) >= 11 is 0. The molecule has 0 radical (unpaired) electrons. The number of carbonyl (C=O) groups excluding carboxylic acids is 1. The Morgan fingerprint density at radius 2 is 1.84 bits per heavy atom. The molecule has 1 aliphatic rings. The summed E-state index contributed by atoms with van der Waals surface area (Å²) in [6.07, 6.45) is 0.911. The third kappa shape index (κ3) is 3.77. The van der Waals surface area contributed by atoms with E-state index in [9.17, 15) is 4.79 Å². The van der Waals surface area contributed by atoms with Crippen molar-refractivity contribution in [1.29, 1.82) is 0 Å². The molecule has 25 heavy (non-hydrogen) atoms. The third-order valence-electron chi connectivity index (χ3n) is 4.45. The van der Waals surface area contributed by atoms with Crippen LogP contribution in [0.1, 0.15) is 16.8 Å². The number of para-hydroxylation sites is 2. The fourth-order valence-electron chi connectivity index (χ4n) is 3.18. The zero-order valence-corrected chi connectivity index (χ0v) is 14.8. The highest BCUT2D eigenvalue weighted by atomic mass is 16.5. The van der Waals surface area contributed by atoms with Crippen LogP contribution in [0.4, 0.5) is 11.4 Å². The molecule has 5 heteroatoms. The topological polar surface area (TPSA) is 42.0 Å². The van der Waals surface area contributed by atoms with Crippen molar-refractivity contribution in [2.75, 3.05) is 50.3 Å². The molecule has 5 nitrogen and oxygen atoms in total. The lowest BCUT2D eigenvalue weighted by molar-refractivity contribution is 0.0987. The molecule has 1 amide bonds. The number of hydrogen-bond acceptors (Lipinski definition) is 4. The minimum absolute atomic E-state index is 0.0000541. The summed E-state index contributed by atoms with van der Waals surface area (Å²) < 4.78 is 10.5. The van der Waals surface area contributed by atoms with E-state index in [2.05, 4.69) is 11.0 Å². The van der Waals surface area contributed by atoms with E-state index in [1.807, 2.05) is 41.3 Å². The van der Waals surface area contributed by atoms with Crippen molar-refractivity contribution in [3.8, 4) is 5.75 Å². The Morgan fingerprint density at radius 3 is 2.60 bits per heavy atom. The van der Waals surface area contributed by atoms with Crippen molar-refractivity contribution >= 4 is 17.3 Å². The van der Waals surface area contributed by atoms with Gasteiger partial charge < -0.3 is 19.3 Å². The Hall–Kier alpha value is -2.53. The maximum absolute atomic E-state index is 13.1. The van der Waals surface area contributed by atoms with Crippen LogP contribution in [0.2, 0.25) is 0 Å². The Bertz CT molecular complexity index is 732. The van der Waals surface area contributed by atoms with Gasteiger partial charge in [0.25, 0.3) is 5.91 Å². The Kier molecular flexibility index (Phi) is 5.56. The average molecular weight is 340 g/mol. The van der Waals surface area contributed by atoms with E-state index in [0.29, 0.717) is 24.5 Å². The third-order valence-corrected chi connectivity index (χ3v) is 4.45. The van der Waals surface area contributed by atoms with Gasteiger partial charge in [0.1, 0.15) is 5.75 Å². The minimum atomic E-state index is -0.0000541. The molecule has 0 bridgehead atoms. The molecular formula is C20H24N2O3. The number of methoxy groups -OCH3 is 2. The molecule has 0 aliphatic carbocycles. The largest absolute Gasteiger partial charge is 0.497 e. The summed E-state index contributed by atoms with van der Waals surface area (Å²) in [6.45, 7) is 3.08. The predicted molar refractivity (Wildman–Crippen MR) is 99.8 cm³/mol. The molecule has 1 aliphatic heterocycles. The van der Waals surface area contributed by atoms with Crippen molar-refractivity contribution in [3.63, 3.8) is 0 Å². The standard InChI is InChI=1S/C20H24N2O3/c1-24-14-13-21-11-6-12-22(19-10-4-3-9-18(19)21)20(23)16-7-5-8-17(15-16)25-2/h3-5,7-10,15H,6,11-14H2,1-2H3. The van der Waals surface area contributed by atoms with Gasteiger partial charge in [0, 0.05) is 32.3 Å². The van der Waals surface area contributed by atoms with Gasteiger partial charge in [-0.15, -0.1) is 0 Å². The molecule has 0 fully saturated rings. The number of carbonyl (C=O) groups is 1. The maximum Gasteiger partial charge on any atom is 0.258 e. The number of fused-ring (bicyclic) bond motifs is 1. The van der Waals surface area contributed by atoms with Crippen LogP contribution in [0.25, 0.3) is 0 Å². The van der Waals surface area contributed by atoms with Crippen LogP contribution in [0.5, 0.6) is 5.75 Å². The monoisotopic (exact) mass is 340 g/mol. The molecule has 1 heterocycles. The zero-order valence-electron chi connectivity index (χ0n) is 14.8. The lowest BCUT2D eigenvalue weighted by atomic mass is 10.1. The second-order valence-electron chi connectivity index (χ2n) is 6.01. The molecule has 2 aromatic rings.